The number of rotatable bonds is 3. The number of carbonyl (C=O) groups is 1. The average molecular weight is 324 g/mol. The Morgan fingerprint density at radius 2 is 1.79 bits per heavy atom. The fourth-order valence-electron chi connectivity index (χ4n) is 3.06. The van der Waals surface area contributed by atoms with E-state index in [-0.39, 0.29) is 11.9 Å². The second-order valence-electron chi connectivity index (χ2n) is 5.62. The number of benzene rings is 2. The lowest BCUT2D eigenvalue weighted by Gasteiger charge is -2.34. The van der Waals surface area contributed by atoms with E-state index >= 15 is 0 Å². The Morgan fingerprint density at radius 3 is 2.46 bits per heavy atom. The van der Waals surface area contributed by atoms with Gasteiger partial charge in [-0.25, -0.2) is 4.99 Å². The number of ether oxygens (including phenoxy) is 2. The van der Waals surface area contributed by atoms with Crippen molar-refractivity contribution in [2.75, 3.05) is 19.1 Å². The summed E-state index contributed by atoms with van der Waals surface area (Å²) in [5.41, 5.74) is 3.35. The summed E-state index contributed by atoms with van der Waals surface area (Å²) < 4.78 is 10.7. The van der Waals surface area contributed by atoms with Crippen LogP contribution in [0.1, 0.15) is 19.4 Å². The predicted molar refractivity (Wildman–Crippen MR) is 94.8 cm³/mol. The zero-order valence-electron chi connectivity index (χ0n) is 14.2. The summed E-state index contributed by atoms with van der Waals surface area (Å²) in [6, 6.07) is 13.2. The number of para-hydroxylation sites is 2. The maximum absolute atomic E-state index is 12.2. The number of amides is 1. The number of aliphatic imine (C=N–C) groups is 1. The van der Waals surface area contributed by atoms with Crippen molar-refractivity contribution in [1.82, 2.24) is 0 Å². The lowest BCUT2D eigenvalue weighted by atomic mass is 9.99. The molecule has 0 spiro atoms. The van der Waals surface area contributed by atoms with Crippen LogP contribution in [0.5, 0.6) is 11.5 Å². The van der Waals surface area contributed by atoms with Gasteiger partial charge >= 0.3 is 0 Å². The maximum atomic E-state index is 12.2. The highest BCUT2D eigenvalue weighted by atomic mass is 16.5. The SMILES string of the molecule is COc1ccc(C2=Nc3ccccc3N(C(C)=O)[C@H]2C)cc1OC. The van der Waals surface area contributed by atoms with Gasteiger partial charge in [0.1, 0.15) is 0 Å². The molecule has 1 atom stereocenters. The second-order valence-corrected chi connectivity index (χ2v) is 5.62. The third-order valence-electron chi connectivity index (χ3n) is 4.18. The molecular weight excluding hydrogens is 304 g/mol. The van der Waals surface area contributed by atoms with Gasteiger partial charge < -0.3 is 14.4 Å². The third-order valence-corrected chi connectivity index (χ3v) is 4.18. The van der Waals surface area contributed by atoms with Crippen molar-refractivity contribution in [3.05, 3.63) is 48.0 Å². The van der Waals surface area contributed by atoms with Gasteiger partial charge in [0.15, 0.2) is 11.5 Å². The van der Waals surface area contributed by atoms with Crippen LogP contribution in [0.2, 0.25) is 0 Å². The van der Waals surface area contributed by atoms with Crippen molar-refractivity contribution in [2.24, 2.45) is 4.99 Å². The normalized spacial score (nSPS) is 16.2. The zero-order valence-corrected chi connectivity index (χ0v) is 14.2. The van der Waals surface area contributed by atoms with E-state index in [2.05, 4.69) is 0 Å². The van der Waals surface area contributed by atoms with Crippen LogP contribution in [0, 0.1) is 0 Å². The highest BCUT2D eigenvalue weighted by Gasteiger charge is 2.30. The van der Waals surface area contributed by atoms with E-state index in [4.69, 9.17) is 14.5 Å². The standard InChI is InChI=1S/C19H20N2O3/c1-12-19(14-9-10-17(23-3)18(11-14)24-4)20-15-7-5-6-8-16(15)21(12)13(2)22/h5-12H,1-4H3/t12-/m0/s1. The summed E-state index contributed by atoms with van der Waals surface area (Å²) in [5, 5.41) is 0. The molecule has 2 aromatic carbocycles. The van der Waals surface area contributed by atoms with Crippen molar-refractivity contribution >= 4 is 23.0 Å². The molecule has 5 nitrogen and oxygen atoms in total. The number of hydrogen-bond acceptors (Lipinski definition) is 4. The van der Waals surface area contributed by atoms with Crippen molar-refractivity contribution in [1.29, 1.82) is 0 Å². The predicted octanol–water partition coefficient (Wildman–Crippen LogP) is 3.58. The number of carbonyl (C=O) groups excluding carboxylic acids is 1. The molecule has 124 valence electrons. The first kappa shape index (κ1) is 16.1. The molecule has 0 aromatic heterocycles. The molecule has 3 rings (SSSR count). The molecule has 5 heteroatoms. The van der Waals surface area contributed by atoms with E-state index < -0.39 is 0 Å². The molecule has 1 aliphatic heterocycles. The zero-order chi connectivity index (χ0) is 17.3. The molecular formula is C19H20N2O3. The molecule has 2 aromatic rings. The number of methoxy groups -OCH3 is 2. The van der Waals surface area contributed by atoms with Crippen LogP contribution in [0.3, 0.4) is 0 Å². The van der Waals surface area contributed by atoms with E-state index in [9.17, 15) is 4.79 Å². The third kappa shape index (κ3) is 2.62. The van der Waals surface area contributed by atoms with Crippen LogP contribution in [-0.4, -0.2) is 31.9 Å². The molecule has 1 amide bonds. The van der Waals surface area contributed by atoms with Gasteiger partial charge in [-0.2, -0.15) is 0 Å². The van der Waals surface area contributed by atoms with Gasteiger partial charge in [0.25, 0.3) is 0 Å². The van der Waals surface area contributed by atoms with Gasteiger partial charge in [0, 0.05) is 12.5 Å². The molecule has 0 radical (unpaired) electrons. The summed E-state index contributed by atoms with van der Waals surface area (Å²) in [6.07, 6.45) is 0. The molecule has 0 aliphatic carbocycles. The minimum atomic E-state index is -0.171. The lowest BCUT2D eigenvalue weighted by molar-refractivity contribution is -0.116. The van der Waals surface area contributed by atoms with Crippen molar-refractivity contribution in [2.45, 2.75) is 19.9 Å². The summed E-state index contributed by atoms with van der Waals surface area (Å²) in [4.78, 5) is 18.8. The molecule has 0 N–H and O–H groups in total. The minimum Gasteiger partial charge on any atom is -0.493 e. The van der Waals surface area contributed by atoms with Crippen LogP contribution in [0.25, 0.3) is 0 Å². The topological polar surface area (TPSA) is 51.1 Å². The van der Waals surface area contributed by atoms with Crippen LogP contribution in [0.4, 0.5) is 11.4 Å². The Labute approximate surface area is 141 Å². The number of fused-ring (bicyclic) bond motifs is 1. The van der Waals surface area contributed by atoms with Crippen LogP contribution < -0.4 is 14.4 Å². The summed E-state index contributed by atoms with van der Waals surface area (Å²) in [5.74, 6) is 1.29. The largest absolute Gasteiger partial charge is 0.493 e. The van der Waals surface area contributed by atoms with Gasteiger partial charge in [-0.05, 0) is 37.3 Å². The Kier molecular flexibility index (Phi) is 4.25. The van der Waals surface area contributed by atoms with Gasteiger partial charge in [0.2, 0.25) is 5.91 Å². The fourth-order valence-corrected chi connectivity index (χ4v) is 3.06. The van der Waals surface area contributed by atoms with Crippen LogP contribution >= 0.6 is 0 Å². The van der Waals surface area contributed by atoms with Crippen LogP contribution in [0.15, 0.2) is 47.5 Å². The molecule has 24 heavy (non-hydrogen) atoms. The number of nitrogens with zero attached hydrogens (tertiary/aromatic N) is 2. The first-order valence-corrected chi connectivity index (χ1v) is 7.76. The summed E-state index contributed by atoms with van der Waals surface area (Å²) >= 11 is 0. The van der Waals surface area contributed by atoms with E-state index in [1.807, 2.05) is 49.4 Å². The van der Waals surface area contributed by atoms with Gasteiger partial charge in [0.05, 0.1) is 37.3 Å². The minimum absolute atomic E-state index is 0.0113. The van der Waals surface area contributed by atoms with E-state index in [1.54, 1.807) is 26.0 Å². The summed E-state index contributed by atoms with van der Waals surface area (Å²) in [7, 11) is 3.21. The molecule has 1 heterocycles. The highest BCUT2D eigenvalue weighted by Crippen LogP contribution is 2.37. The van der Waals surface area contributed by atoms with Gasteiger partial charge in [-0.1, -0.05) is 12.1 Å². The van der Waals surface area contributed by atoms with Crippen molar-refractivity contribution in [3.8, 4) is 11.5 Å². The molecule has 0 saturated carbocycles. The quantitative estimate of drug-likeness (QED) is 0.867. The average Bonchev–Trinajstić information content (AvgIpc) is 2.60. The summed E-state index contributed by atoms with van der Waals surface area (Å²) in [6.45, 7) is 3.55. The van der Waals surface area contributed by atoms with E-state index in [0.29, 0.717) is 11.5 Å². The first-order chi connectivity index (χ1) is 11.6. The Hall–Kier alpha value is -2.82. The van der Waals surface area contributed by atoms with Crippen molar-refractivity contribution in [3.63, 3.8) is 0 Å². The molecule has 0 unspecified atom stereocenters. The fraction of sp³-hybridized carbons (Fsp3) is 0.263. The smallest absolute Gasteiger partial charge is 0.224 e. The first-order valence-electron chi connectivity index (χ1n) is 7.76. The van der Waals surface area contributed by atoms with Gasteiger partial charge in [-0.3, -0.25) is 4.79 Å². The molecule has 0 fully saturated rings. The van der Waals surface area contributed by atoms with Gasteiger partial charge in [-0.15, -0.1) is 0 Å². The van der Waals surface area contributed by atoms with Crippen LogP contribution in [-0.2, 0) is 4.79 Å². The van der Waals surface area contributed by atoms with E-state index in [1.165, 1.54) is 0 Å². The Bertz CT molecular complexity index is 814. The number of hydrogen-bond donors (Lipinski definition) is 0. The second kappa shape index (κ2) is 6.35. The molecule has 1 aliphatic rings. The highest BCUT2D eigenvalue weighted by molar-refractivity contribution is 6.14. The Balaban J connectivity index is 2.14. The van der Waals surface area contributed by atoms with Crippen molar-refractivity contribution < 1.29 is 14.3 Å². The van der Waals surface area contributed by atoms with E-state index in [0.717, 1.165) is 22.6 Å². The molecule has 0 bridgehead atoms. The monoisotopic (exact) mass is 324 g/mol. The lowest BCUT2D eigenvalue weighted by Crippen LogP contribution is -2.44. The number of anilines is 1. The Morgan fingerprint density at radius 1 is 1.08 bits per heavy atom. The maximum Gasteiger partial charge on any atom is 0.224 e. The molecule has 0 saturated heterocycles.